The van der Waals surface area contributed by atoms with Crippen molar-refractivity contribution < 1.29 is 19.4 Å². The minimum Gasteiger partial charge on any atom is -0.459 e. The number of unbranched alkanes of at least 4 members (excludes halogenated alkanes) is 1. The van der Waals surface area contributed by atoms with Gasteiger partial charge in [-0.2, -0.15) is 0 Å². The lowest BCUT2D eigenvalue weighted by Crippen LogP contribution is -2.40. The van der Waals surface area contributed by atoms with Gasteiger partial charge in [0.2, 0.25) is 6.29 Å². The van der Waals surface area contributed by atoms with Crippen LogP contribution in [0.3, 0.4) is 0 Å². The Bertz CT molecular complexity index is 453. The summed E-state index contributed by atoms with van der Waals surface area (Å²) in [7, 11) is 0. The van der Waals surface area contributed by atoms with E-state index in [0.29, 0.717) is 24.2 Å². The zero-order valence-corrected chi connectivity index (χ0v) is 15.3. The van der Waals surface area contributed by atoms with Gasteiger partial charge in [-0.25, -0.2) is 0 Å². The van der Waals surface area contributed by atoms with Crippen molar-refractivity contribution in [3.05, 3.63) is 11.8 Å². The molecule has 3 rings (SSSR count). The molecule has 1 saturated heterocycles. The van der Waals surface area contributed by atoms with E-state index in [-0.39, 0.29) is 18.8 Å². The highest BCUT2D eigenvalue weighted by molar-refractivity contribution is 5.91. The number of aliphatic hydroxyl groups excluding tert-OH is 1. The average molecular weight is 351 g/mol. The number of likely N-dealkylation sites (tertiary alicyclic amines) is 1. The summed E-state index contributed by atoms with van der Waals surface area (Å²) < 4.78 is 11.9. The van der Waals surface area contributed by atoms with Crippen molar-refractivity contribution in [2.24, 2.45) is 11.8 Å². The molecule has 1 aliphatic carbocycles. The predicted molar refractivity (Wildman–Crippen MR) is 95.7 cm³/mol. The maximum atomic E-state index is 12.9. The van der Waals surface area contributed by atoms with Gasteiger partial charge in [-0.15, -0.1) is 0 Å². The third kappa shape index (κ3) is 5.20. The quantitative estimate of drug-likeness (QED) is 0.716. The van der Waals surface area contributed by atoms with Gasteiger partial charge in [0.25, 0.3) is 5.91 Å². The Morgan fingerprint density at radius 2 is 1.92 bits per heavy atom. The van der Waals surface area contributed by atoms with Gasteiger partial charge in [0.05, 0.1) is 6.61 Å². The summed E-state index contributed by atoms with van der Waals surface area (Å²) >= 11 is 0. The normalized spacial score (nSPS) is 27.9. The zero-order valence-electron chi connectivity index (χ0n) is 15.3. The lowest BCUT2D eigenvalue weighted by atomic mass is 9.86. The molecule has 0 aromatic rings. The van der Waals surface area contributed by atoms with E-state index in [2.05, 4.69) is 6.08 Å². The smallest absolute Gasteiger partial charge is 0.288 e. The van der Waals surface area contributed by atoms with Crippen molar-refractivity contribution >= 4 is 5.91 Å². The van der Waals surface area contributed by atoms with Crippen molar-refractivity contribution in [1.29, 1.82) is 0 Å². The number of ether oxygens (including phenoxy) is 2. The molecule has 1 amide bonds. The number of allylic oxidation sites excluding steroid dienone is 1. The molecule has 5 nitrogen and oxygen atoms in total. The first kappa shape index (κ1) is 18.7. The van der Waals surface area contributed by atoms with Gasteiger partial charge >= 0.3 is 0 Å². The molecule has 1 saturated carbocycles. The molecule has 0 aromatic heterocycles. The van der Waals surface area contributed by atoms with Crippen LogP contribution in [-0.2, 0) is 14.3 Å². The van der Waals surface area contributed by atoms with Crippen LogP contribution in [0.2, 0.25) is 0 Å². The van der Waals surface area contributed by atoms with Gasteiger partial charge in [-0.1, -0.05) is 12.8 Å². The Morgan fingerprint density at radius 3 is 2.64 bits per heavy atom. The minimum atomic E-state index is -0.321. The first-order valence-electron chi connectivity index (χ1n) is 10.2. The summed E-state index contributed by atoms with van der Waals surface area (Å²) in [4.78, 5) is 14.8. The van der Waals surface area contributed by atoms with E-state index in [9.17, 15) is 4.79 Å². The topological polar surface area (TPSA) is 59.0 Å². The number of piperidine rings is 1. The van der Waals surface area contributed by atoms with E-state index in [1.54, 1.807) is 0 Å². The highest BCUT2D eigenvalue weighted by atomic mass is 16.7. The molecule has 25 heavy (non-hydrogen) atoms. The van der Waals surface area contributed by atoms with Gasteiger partial charge < -0.3 is 19.5 Å². The van der Waals surface area contributed by atoms with Crippen molar-refractivity contribution in [1.82, 2.24) is 4.90 Å². The second kappa shape index (κ2) is 9.58. The van der Waals surface area contributed by atoms with Gasteiger partial charge in [-0.05, 0) is 62.9 Å². The molecule has 142 valence electrons. The molecule has 5 heteroatoms. The number of rotatable bonds is 7. The lowest BCUT2D eigenvalue weighted by Gasteiger charge is -2.34. The number of nitrogens with zero attached hydrogens (tertiary/aromatic N) is 1. The number of carbonyl (C=O) groups excluding carboxylic acids is 1. The number of aliphatic hydroxyl groups is 1. The zero-order chi connectivity index (χ0) is 17.5. The third-order valence-corrected chi connectivity index (χ3v) is 5.80. The molecule has 2 atom stereocenters. The van der Waals surface area contributed by atoms with Crippen LogP contribution in [0.5, 0.6) is 0 Å². The van der Waals surface area contributed by atoms with Gasteiger partial charge in [0.15, 0.2) is 5.76 Å². The van der Waals surface area contributed by atoms with E-state index in [1.807, 2.05) is 4.90 Å². The Kier molecular flexibility index (Phi) is 7.17. The molecule has 1 N–H and O–H groups in total. The van der Waals surface area contributed by atoms with E-state index in [4.69, 9.17) is 14.6 Å². The van der Waals surface area contributed by atoms with Crippen molar-refractivity contribution in [2.45, 2.75) is 70.5 Å². The second-order valence-electron chi connectivity index (χ2n) is 7.68. The van der Waals surface area contributed by atoms with Crippen LogP contribution < -0.4 is 0 Å². The van der Waals surface area contributed by atoms with Gasteiger partial charge in [-0.3, -0.25) is 4.79 Å². The molecule has 0 bridgehead atoms. The molecule has 2 fully saturated rings. The van der Waals surface area contributed by atoms with Crippen molar-refractivity contribution in [3.8, 4) is 0 Å². The Labute approximate surface area is 151 Å². The monoisotopic (exact) mass is 351 g/mol. The number of amides is 1. The molecule has 2 heterocycles. The van der Waals surface area contributed by atoms with E-state index >= 15 is 0 Å². The van der Waals surface area contributed by atoms with E-state index in [0.717, 1.165) is 45.2 Å². The fourth-order valence-electron chi connectivity index (χ4n) is 4.33. The van der Waals surface area contributed by atoms with Crippen molar-refractivity contribution in [2.75, 3.05) is 26.3 Å². The molecule has 2 aliphatic heterocycles. The first-order chi connectivity index (χ1) is 12.3. The molecule has 3 aliphatic rings. The maximum absolute atomic E-state index is 12.9. The molecule has 0 radical (unpaired) electrons. The van der Waals surface area contributed by atoms with Crippen LogP contribution in [0.1, 0.15) is 64.2 Å². The number of hydrogen-bond acceptors (Lipinski definition) is 4. The SMILES string of the molecule is O=C(C1=C[C@@H](C2CCCC2)C[C@@H](OCCCCO)O1)N1CCCCC1. The largest absolute Gasteiger partial charge is 0.459 e. The van der Waals surface area contributed by atoms with Crippen LogP contribution in [0, 0.1) is 11.8 Å². The van der Waals surface area contributed by atoms with E-state index in [1.165, 1.54) is 32.1 Å². The van der Waals surface area contributed by atoms with Crippen molar-refractivity contribution in [3.63, 3.8) is 0 Å². The Balaban J connectivity index is 1.63. The summed E-state index contributed by atoms with van der Waals surface area (Å²) in [6.45, 7) is 2.46. The van der Waals surface area contributed by atoms with Crippen LogP contribution in [0.15, 0.2) is 11.8 Å². The summed E-state index contributed by atoms with van der Waals surface area (Å²) in [5.74, 6) is 1.61. The standard InChI is InChI=1S/C20H33NO4/c22-12-6-7-13-24-19-15-17(16-8-2-3-9-16)14-18(25-19)20(23)21-10-4-1-5-11-21/h14,16-17,19,22H,1-13,15H2/t17-,19+/m1/s1. The number of hydrogen-bond donors (Lipinski definition) is 1. The van der Waals surface area contributed by atoms with E-state index < -0.39 is 0 Å². The van der Waals surface area contributed by atoms with Crippen LogP contribution >= 0.6 is 0 Å². The first-order valence-corrected chi connectivity index (χ1v) is 10.2. The summed E-state index contributed by atoms with van der Waals surface area (Å²) in [6.07, 6.45) is 12.7. The minimum absolute atomic E-state index is 0.0476. The average Bonchev–Trinajstić information content (AvgIpc) is 3.20. The molecular weight excluding hydrogens is 318 g/mol. The van der Waals surface area contributed by atoms with Crippen LogP contribution in [0.4, 0.5) is 0 Å². The van der Waals surface area contributed by atoms with Gasteiger partial charge in [0.1, 0.15) is 0 Å². The summed E-state index contributed by atoms with van der Waals surface area (Å²) in [6, 6.07) is 0. The summed E-state index contributed by atoms with van der Waals surface area (Å²) in [5.41, 5.74) is 0. The molecule has 0 aromatic carbocycles. The molecule has 0 unspecified atom stereocenters. The Hall–Kier alpha value is -1.07. The molecule has 0 spiro atoms. The second-order valence-corrected chi connectivity index (χ2v) is 7.68. The fraction of sp³-hybridized carbons (Fsp3) is 0.850. The Morgan fingerprint density at radius 1 is 1.16 bits per heavy atom. The summed E-state index contributed by atoms with van der Waals surface area (Å²) in [5, 5.41) is 8.90. The van der Waals surface area contributed by atoms with Gasteiger partial charge in [0, 0.05) is 26.1 Å². The van der Waals surface area contributed by atoms with Crippen LogP contribution in [-0.4, -0.2) is 48.5 Å². The van der Waals surface area contributed by atoms with Crippen LogP contribution in [0.25, 0.3) is 0 Å². The lowest BCUT2D eigenvalue weighted by molar-refractivity contribution is -0.157. The maximum Gasteiger partial charge on any atom is 0.288 e. The third-order valence-electron chi connectivity index (χ3n) is 5.80. The number of carbonyl (C=O) groups is 1. The highest BCUT2D eigenvalue weighted by Gasteiger charge is 2.34. The predicted octanol–water partition coefficient (Wildman–Crippen LogP) is 3.22. The molecular formula is C20H33NO4. The fourth-order valence-corrected chi connectivity index (χ4v) is 4.33. The highest BCUT2D eigenvalue weighted by Crippen LogP contribution is 2.38.